The first-order valence-electron chi connectivity index (χ1n) is 10.7. The second kappa shape index (κ2) is 8.91. The normalized spacial score (nSPS) is 12.0. The number of rotatable bonds is 4. The minimum absolute atomic E-state index is 0.0566. The fourth-order valence-electron chi connectivity index (χ4n) is 3.48. The molecule has 7 heteroatoms. The lowest BCUT2D eigenvalue weighted by Gasteiger charge is -2.27. The summed E-state index contributed by atoms with van der Waals surface area (Å²) in [6, 6.07) is 14.8. The number of nitrogens with zero attached hydrogens (tertiary/aromatic N) is 3. The average Bonchev–Trinajstić information content (AvgIpc) is 2.73. The van der Waals surface area contributed by atoms with Crippen LogP contribution in [0, 0.1) is 11.3 Å². The standard InChI is InChI=1S/C26H29N5O2/c1-25(2,3)19-12-16(13-20(22(19)32)26(4,5)6)15-28-31-24-29-21(17-10-8-7-9-11-17)18(14-27)23(33)30-24/h7-13,15,32H,1-6H3,(H2,29,30,31,33). The van der Waals surface area contributed by atoms with Crippen molar-refractivity contribution in [1.29, 1.82) is 5.26 Å². The number of aromatic nitrogens is 2. The molecule has 0 aliphatic rings. The molecule has 0 aliphatic heterocycles. The second-order valence-corrected chi connectivity index (χ2v) is 9.95. The number of aromatic hydroxyl groups is 1. The maximum Gasteiger partial charge on any atom is 0.270 e. The Morgan fingerprint density at radius 3 is 2.15 bits per heavy atom. The number of nitriles is 1. The Hall–Kier alpha value is -3.92. The van der Waals surface area contributed by atoms with E-state index >= 15 is 0 Å². The summed E-state index contributed by atoms with van der Waals surface area (Å²) in [5, 5.41) is 24.5. The molecule has 1 heterocycles. The molecular weight excluding hydrogens is 414 g/mol. The third kappa shape index (κ3) is 5.29. The number of hydrogen-bond donors (Lipinski definition) is 3. The fourth-order valence-corrected chi connectivity index (χ4v) is 3.48. The van der Waals surface area contributed by atoms with E-state index in [1.165, 1.54) is 0 Å². The zero-order chi connectivity index (χ0) is 24.4. The van der Waals surface area contributed by atoms with Gasteiger partial charge in [0.2, 0.25) is 5.95 Å². The molecule has 0 aliphatic carbocycles. The molecule has 170 valence electrons. The van der Waals surface area contributed by atoms with E-state index < -0.39 is 5.56 Å². The summed E-state index contributed by atoms with van der Waals surface area (Å²) in [6.07, 6.45) is 1.62. The van der Waals surface area contributed by atoms with Gasteiger partial charge in [-0.2, -0.15) is 10.4 Å². The molecule has 0 radical (unpaired) electrons. The summed E-state index contributed by atoms with van der Waals surface area (Å²) in [5.41, 5.74) is 5.04. The van der Waals surface area contributed by atoms with Crippen LogP contribution in [0.1, 0.15) is 63.8 Å². The van der Waals surface area contributed by atoms with Crippen LogP contribution in [-0.4, -0.2) is 21.3 Å². The first kappa shape index (κ1) is 23.7. The molecule has 3 rings (SSSR count). The molecule has 33 heavy (non-hydrogen) atoms. The van der Waals surface area contributed by atoms with E-state index in [9.17, 15) is 15.2 Å². The molecule has 0 bridgehead atoms. The van der Waals surface area contributed by atoms with Crippen molar-refractivity contribution in [3.8, 4) is 23.1 Å². The highest BCUT2D eigenvalue weighted by atomic mass is 16.3. The quantitative estimate of drug-likeness (QED) is 0.385. The number of anilines is 1. The van der Waals surface area contributed by atoms with Crippen molar-refractivity contribution in [3.05, 3.63) is 75.1 Å². The van der Waals surface area contributed by atoms with E-state index in [0.29, 0.717) is 11.3 Å². The molecule has 0 atom stereocenters. The predicted octanol–water partition coefficient (Wildman–Crippen LogP) is 5.06. The third-order valence-corrected chi connectivity index (χ3v) is 5.21. The van der Waals surface area contributed by atoms with Gasteiger partial charge >= 0.3 is 0 Å². The molecule has 2 aromatic carbocycles. The van der Waals surface area contributed by atoms with Gasteiger partial charge in [0.25, 0.3) is 5.56 Å². The number of benzene rings is 2. The number of hydrogen-bond acceptors (Lipinski definition) is 6. The second-order valence-electron chi connectivity index (χ2n) is 9.95. The molecule has 0 amide bonds. The molecule has 0 saturated heterocycles. The molecular formula is C26H29N5O2. The minimum Gasteiger partial charge on any atom is -0.507 e. The fraction of sp³-hybridized carbons (Fsp3) is 0.308. The first-order chi connectivity index (χ1) is 15.4. The van der Waals surface area contributed by atoms with E-state index in [0.717, 1.165) is 16.7 Å². The van der Waals surface area contributed by atoms with Crippen molar-refractivity contribution in [2.45, 2.75) is 52.4 Å². The maximum atomic E-state index is 12.4. The number of hydrazone groups is 1. The van der Waals surface area contributed by atoms with Gasteiger partial charge in [0, 0.05) is 16.7 Å². The first-order valence-corrected chi connectivity index (χ1v) is 10.7. The summed E-state index contributed by atoms with van der Waals surface area (Å²) in [7, 11) is 0. The SMILES string of the molecule is CC(C)(C)c1cc(C=NNc2nc(-c3ccccc3)c(C#N)c(=O)[nH]2)cc(C(C)(C)C)c1O. The van der Waals surface area contributed by atoms with Crippen LogP contribution in [0.3, 0.4) is 0 Å². The lowest BCUT2D eigenvalue weighted by molar-refractivity contribution is 0.423. The molecule has 1 aromatic heterocycles. The molecule has 0 fully saturated rings. The van der Waals surface area contributed by atoms with E-state index in [1.54, 1.807) is 18.3 Å². The minimum atomic E-state index is -0.543. The van der Waals surface area contributed by atoms with Crippen molar-refractivity contribution in [2.75, 3.05) is 5.43 Å². The summed E-state index contributed by atoms with van der Waals surface area (Å²) in [5.74, 6) is 0.422. The van der Waals surface area contributed by atoms with Gasteiger partial charge in [0.1, 0.15) is 17.4 Å². The maximum absolute atomic E-state index is 12.4. The highest BCUT2D eigenvalue weighted by Crippen LogP contribution is 2.39. The zero-order valence-corrected chi connectivity index (χ0v) is 19.8. The summed E-state index contributed by atoms with van der Waals surface area (Å²) in [6.45, 7) is 12.3. The largest absolute Gasteiger partial charge is 0.507 e. The van der Waals surface area contributed by atoms with Gasteiger partial charge in [-0.05, 0) is 28.5 Å². The summed E-state index contributed by atoms with van der Waals surface area (Å²) < 4.78 is 0. The van der Waals surface area contributed by atoms with Crippen LogP contribution < -0.4 is 11.0 Å². The Labute approximate surface area is 193 Å². The Balaban J connectivity index is 1.99. The van der Waals surface area contributed by atoms with Crippen molar-refractivity contribution in [1.82, 2.24) is 9.97 Å². The van der Waals surface area contributed by atoms with E-state index in [4.69, 9.17) is 0 Å². The number of H-pyrrole nitrogens is 1. The van der Waals surface area contributed by atoms with E-state index in [1.807, 2.05) is 77.9 Å². The van der Waals surface area contributed by atoms with Crippen LogP contribution >= 0.6 is 0 Å². The number of phenols is 1. The Morgan fingerprint density at radius 2 is 1.64 bits per heavy atom. The van der Waals surface area contributed by atoms with Gasteiger partial charge in [-0.1, -0.05) is 71.9 Å². The molecule has 0 saturated carbocycles. The molecule has 3 aromatic rings. The highest BCUT2D eigenvalue weighted by molar-refractivity contribution is 5.82. The lowest BCUT2D eigenvalue weighted by Crippen LogP contribution is -2.18. The predicted molar refractivity (Wildman–Crippen MR) is 132 cm³/mol. The van der Waals surface area contributed by atoms with E-state index in [-0.39, 0.29) is 28.0 Å². The van der Waals surface area contributed by atoms with Crippen LogP contribution in [0.5, 0.6) is 5.75 Å². The smallest absolute Gasteiger partial charge is 0.270 e. The van der Waals surface area contributed by atoms with E-state index in [2.05, 4.69) is 20.5 Å². The third-order valence-electron chi connectivity index (χ3n) is 5.21. The Kier molecular flexibility index (Phi) is 6.41. The van der Waals surface area contributed by atoms with Gasteiger partial charge in [0.15, 0.2) is 0 Å². The van der Waals surface area contributed by atoms with Gasteiger partial charge in [0.05, 0.1) is 11.9 Å². The van der Waals surface area contributed by atoms with Crippen LogP contribution in [0.15, 0.2) is 52.4 Å². The summed E-state index contributed by atoms with van der Waals surface area (Å²) in [4.78, 5) is 19.3. The van der Waals surface area contributed by atoms with Crippen molar-refractivity contribution < 1.29 is 5.11 Å². The van der Waals surface area contributed by atoms with Crippen LogP contribution in [0.4, 0.5) is 5.95 Å². The van der Waals surface area contributed by atoms with Crippen LogP contribution in [-0.2, 0) is 10.8 Å². The average molecular weight is 444 g/mol. The van der Waals surface area contributed by atoms with Crippen LogP contribution in [0.25, 0.3) is 11.3 Å². The van der Waals surface area contributed by atoms with Crippen molar-refractivity contribution in [2.24, 2.45) is 5.10 Å². The Morgan fingerprint density at radius 1 is 1.06 bits per heavy atom. The number of aromatic amines is 1. The molecule has 3 N–H and O–H groups in total. The molecule has 0 spiro atoms. The van der Waals surface area contributed by atoms with Crippen LogP contribution in [0.2, 0.25) is 0 Å². The zero-order valence-electron chi connectivity index (χ0n) is 19.8. The topological polar surface area (TPSA) is 114 Å². The highest BCUT2D eigenvalue weighted by Gasteiger charge is 2.26. The van der Waals surface area contributed by atoms with Crippen molar-refractivity contribution >= 4 is 12.2 Å². The van der Waals surface area contributed by atoms with Gasteiger partial charge in [-0.15, -0.1) is 0 Å². The number of nitrogens with one attached hydrogen (secondary N) is 2. The van der Waals surface area contributed by atoms with Gasteiger partial charge in [-0.3, -0.25) is 9.78 Å². The van der Waals surface area contributed by atoms with Gasteiger partial charge in [-0.25, -0.2) is 10.4 Å². The molecule has 7 nitrogen and oxygen atoms in total. The Bertz CT molecular complexity index is 1250. The lowest BCUT2D eigenvalue weighted by atomic mass is 9.78. The van der Waals surface area contributed by atoms with Crippen molar-refractivity contribution in [3.63, 3.8) is 0 Å². The summed E-state index contributed by atoms with van der Waals surface area (Å²) >= 11 is 0. The molecule has 0 unspecified atom stereocenters. The number of phenolic OH excluding ortho intramolecular Hbond substituents is 1. The van der Waals surface area contributed by atoms with Gasteiger partial charge < -0.3 is 5.11 Å². The monoisotopic (exact) mass is 443 g/mol.